The zero-order valence-corrected chi connectivity index (χ0v) is 25.2. The molecule has 2 aliphatic rings. The largest absolute Gasteiger partial charge is 0.459 e. The molecule has 0 radical (unpaired) electrons. The average Bonchev–Trinajstić information content (AvgIpc) is 3.55. The van der Waals surface area contributed by atoms with Crippen molar-refractivity contribution in [2.24, 2.45) is 11.8 Å². The van der Waals surface area contributed by atoms with Crippen molar-refractivity contribution >= 4 is 63.5 Å². The minimum Gasteiger partial charge on any atom is -0.459 e. The molecule has 2 aliphatic heterocycles. The summed E-state index contributed by atoms with van der Waals surface area (Å²) in [6.45, 7) is 6.61. The Morgan fingerprint density at radius 2 is 1.70 bits per heavy atom. The number of furan rings is 1. The molecule has 0 unspecified atom stereocenters. The molecular formula is C31H29Cl3N4OS. The van der Waals surface area contributed by atoms with Crippen LogP contribution in [0.4, 0.5) is 11.4 Å². The van der Waals surface area contributed by atoms with Crippen LogP contribution < -0.4 is 15.1 Å². The van der Waals surface area contributed by atoms with Gasteiger partial charge in [0.05, 0.1) is 32.5 Å². The summed E-state index contributed by atoms with van der Waals surface area (Å²) in [5.74, 6) is 2.68. The Labute approximate surface area is 255 Å². The van der Waals surface area contributed by atoms with Gasteiger partial charge in [-0.25, -0.2) is 0 Å². The first-order valence-corrected chi connectivity index (χ1v) is 14.9. The molecule has 5 nitrogen and oxygen atoms in total. The Kier molecular flexibility index (Phi) is 7.71. The molecular weight excluding hydrogens is 583 g/mol. The molecule has 0 bridgehead atoms. The second-order valence-electron chi connectivity index (χ2n) is 10.8. The second-order valence-corrected chi connectivity index (χ2v) is 12.4. The third-order valence-electron chi connectivity index (χ3n) is 7.64. The van der Waals surface area contributed by atoms with Crippen molar-refractivity contribution in [3.63, 3.8) is 0 Å². The quantitative estimate of drug-likeness (QED) is 0.227. The predicted molar refractivity (Wildman–Crippen MR) is 169 cm³/mol. The number of nitrogens with zero attached hydrogens (tertiary/aromatic N) is 3. The number of hydrogen-bond acceptors (Lipinski definition) is 4. The highest BCUT2D eigenvalue weighted by molar-refractivity contribution is 7.80. The first-order valence-electron chi connectivity index (χ1n) is 13.4. The molecule has 0 aliphatic carbocycles. The van der Waals surface area contributed by atoms with E-state index in [1.54, 1.807) is 18.3 Å². The Morgan fingerprint density at radius 1 is 0.900 bits per heavy atom. The van der Waals surface area contributed by atoms with E-state index in [1.807, 2.05) is 42.5 Å². The summed E-state index contributed by atoms with van der Waals surface area (Å²) in [6.07, 6.45) is 3.03. The van der Waals surface area contributed by atoms with Crippen LogP contribution in [-0.2, 0) is 0 Å². The normalized spacial score (nSPS) is 23.0. The molecule has 0 spiro atoms. The summed E-state index contributed by atoms with van der Waals surface area (Å²) in [4.78, 5) is 9.11. The summed E-state index contributed by atoms with van der Waals surface area (Å²) in [7, 11) is 0. The first-order chi connectivity index (χ1) is 19.3. The number of aromatic nitrogens is 1. The van der Waals surface area contributed by atoms with E-state index in [0.717, 1.165) is 41.5 Å². The van der Waals surface area contributed by atoms with E-state index in [4.69, 9.17) is 51.4 Å². The highest BCUT2D eigenvalue weighted by Crippen LogP contribution is 2.45. The molecule has 9 heteroatoms. The highest BCUT2D eigenvalue weighted by atomic mass is 35.5. The summed E-state index contributed by atoms with van der Waals surface area (Å²) >= 11 is 25.3. The van der Waals surface area contributed by atoms with Gasteiger partial charge in [-0.15, -0.1) is 0 Å². The molecule has 4 heterocycles. The van der Waals surface area contributed by atoms with E-state index < -0.39 is 0 Å². The maximum Gasteiger partial charge on any atom is 0.174 e. The molecule has 0 amide bonds. The van der Waals surface area contributed by atoms with Crippen molar-refractivity contribution in [3.05, 3.63) is 99.4 Å². The number of pyridine rings is 1. The van der Waals surface area contributed by atoms with Crippen molar-refractivity contribution in [2.75, 3.05) is 22.9 Å². The number of rotatable bonds is 5. The molecule has 2 saturated heterocycles. The summed E-state index contributed by atoms with van der Waals surface area (Å²) in [5.41, 5.74) is 3.65. The van der Waals surface area contributed by atoms with Crippen molar-refractivity contribution in [3.8, 4) is 11.3 Å². The topological polar surface area (TPSA) is 44.5 Å². The molecule has 0 saturated carbocycles. The van der Waals surface area contributed by atoms with Crippen LogP contribution in [0.15, 0.2) is 77.3 Å². The van der Waals surface area contributed by atoms with Gasteiger partial charge in [0.1, 0.15) is 17.6 Å². The fraction of sp³-hybridized carbons (Fsp3) is 0.290. The maximum atomic E-state index is 6.95. The van der Waals surface area contributed by atoms with Gasteiger partial charge in [0, 0.05) is 30.5 Å². The zero-order valence-electron chi connectivity index (χ0n) is 22.2. The van der Waals surface area contributed by atoms with Gasteiger partial charge < -0.3 is 19.5 Å². The Bertz CT molecular complexity index is 1530. The Hall–Kier alpha value is -2.77. The molecule has 2 fully saturated rings. The fourth-order valence-electron chi connectivity index (χ4n) is 6.00. The average molecular weight is 612 g/mol. The van der Waals surface area contributed by atoms with Gasteiger partial charge in [0.25, 0.3) is 0 Å². The summed E-state index contributed by atoms with van der Waals surface area (Å²) in [6, 6.07) is 20.9. The van der Waals surface area contributed by atoms with Crippen LogP contribution in [0.3, 0.4) is 0 Å². The van der Waals surface area contributed by atoms with Gasteiger partial charge in [-0.3, -0.25) is 4.98 Å². The van der Waals surface area contributed by atoms with Crippen LogP contribution in [0.2, 0.25) is 15.1 Å². The summed E-state index contributed by atoms with van der Waals surface area (Å²) < 4.78 is 6.46. The van der Waals surface area contributed by atoms with Crippen LogP contribution in [0.5, 0.6) is 0 Å². The predicted octanol–water partition coefficient (Wildman–Crippen LogP) is 8.96. The van der Waals surface area contributed by atoms with Gasteiger partial charge in [-0.05, 0) is 91.1 Å². The fourth-order valence-corrected chi connectivity index (χ4v) is 6.94. The van der Waals surface area contributed by atoms with Crippen molar-refractivity contribution in [1.29, 1.82) is 0 Å². The van der Waals surface area contributed by atoms with Crippen LogP contribution in [-0.4, -0.2) is 23.2 Å². The molecule has 2 aromatic carbocycles. The molecule has 6 rings (SSSR count). The number of hydrogen-bond donors (Lipinski definition) is 1. The lowest BCUT2D eigenvalue weighted by Crippen LogP contribution is -2.38. The van der Waals surface area contributed by atoms with Gasteiger partial charge in [-0.1, -0.05) is 54.7 Å². The Morgan fingerprint density at radius 3 is 2.40 bits per heavy atom. The lowest BCUT2D eigenvalue weighted by molar-refractivity contribution is 0.357. The molecule has 40 heavy (non-hydrogen) atoms. The standard InChI is InChI=1S/C31H29Cl3N4OS/c1-18-13-19(2)17-37(16-18)26-9-7-21(15-24(26)34)38-30(29(36-31(38)40)25-5-3-4-12-35-25)28-11-10-27(39-28)20-6-8-22(32)23(33)14-20/h3-12,14-15,18-19,29-30H,13,16-17H2,1-2H3,(H,36,40)/t18-,19-,29+,30+/m1/s1. The van der Waals surface area contributed by atoms with E-state index >= 15 is 0 Å². The number of thiocarbonyl (C=S) groups is 1. The van der Waals surface area contributed by atoms with Crippen LogP contribution in [0.25, 0.3) is 11.3 Å². The molecule has 206 valence electrons. The molecule has 1 N–H and O–H groups in total. The maximum absolute atomic E-state index is 6.95. The number of piperidine rings is 1. The molecule has 4 aromatic rings. The van der Waals surface area contributed by atoms with E-state index in [1.165, 1.54) is 6.42 Å². The SMILES string of the molecule is C[C@@H]1C[C@@H](C)CN(c2ccc(N3C(=S)N[C@@H](c4ccccn4)[C@@H]3c3ccc(-c4ccc(Cl)c(Cl)c4)o3)cc2Cl)C1. The van der Waals surface area contributed by atoms with Gasteiger partial charge in [0.15, 0.2) is 5.11 Å². The molecule has 4 atom stereocenters. The van der Waals surface area contributed by atoms with Crippen molar-refractivity contribution in [2.45, 2.75) is 32.4 Å². The van der Waals surface area contributed by atoms with Crippen LogP contribution in [0, 0.1) is 11.8 Å². The van der Waals surface area contributed by atoms with Crippen LogP contribution >= 0.6 is 47.0 Å². The van der Waals surface area contributed by atoms with Gasteiger partial charge in [-0.2, -0.15) is 0 Å². The second kappa shape index (κ2) is 11.2. The third-order valence-corrected chi connectivity index (χ3v) is 9.00. The summed E-state index contributed by atoms with van der Waals surface area (Å²) in [5, 5.41) is 5.74. The van der Waals surface area contributed by atoms with E-state index in [2.05, 4.69) is 46.1 Å². The van der Waals surface area contributed by atoms with Crippen molar-refractivity contribution < 1.29 is 4.42 Å². The lowest BCUT2D eigenvalue weighted by atomic mass is 9.91. The van der Waals surface area contributed by atoms with Gasteiger partial charge >= 0.3 is 0 Å². The number of anilines is 2. The number of nitrogens with one attached hydrogen (secondary N) is 1. The molecule has 2 aromatic heterocycles. The monoisotopic (exact) mass is 610 g/mol. The van der Waals surface area contributed by atoms with E-state index in [9.17, 15) is 0 Å². The third kappa shape index (κ3) is 5.30. The van der Waals surface area contributed by atoms with Crippen LogP contribution in [0.1, 0.15) is 43.8 Å². The smallest absolute Gasteiger partial charge is 0.174 e. The minimum atomic E-state index is -0.295. The lowest BCUT2D eigenvalue weighted by Gasteiger charge is -2.37. The first kappa shape index (κ1) is 27.4. The highest BCUT2D eigenvalue weighted by Gasteiger charge is 2.43. The number of halogens is 3. The van der Waals surface area contributed by atoms with E-state index in [-0.39, 0.29) is 12.1 Å². The zero-order chi connectivity index (χ0) is 28.0. The van der Waals surface area contributed by atoms with Crippen molar-refractivity contribution in [1.82, 2.24) is 10.3 Å². The van der Waals surface area contributed by atoms with Gasteiger partial charge in [0.2, 0.25) is 0 Å². The Balaban J connectivity index is 1.38. The number of benzene rings is 2. The van der Waals surface area contributed by atoms with E-state index in [0.29, 0.717) is 37.8 Å². The minimum absolute atomic E-state index is 0.233.